The molecule has 1 aromatic rings. The molecule has 0 saturated heterocycles. The van der Waals surface area contributed by atoms with Gasteiger partial charge in [0.25, 0.3) is 0 Å². The van der Waals surface area contributed by atoms with Crippen molar-refractivity contribution in [1.82, 2.24) is 0 Å². The molecule has 1 fully saturated rings. The summed E-state index contributed by atoms with van der Waals surface area (Å²) in [5, 5.41) is 10.6. The zero-order valence-corrected chi connectivity index (χ0v) is 9.39. The maximum atomic E-state index is 9.39. The standard InChI is InChI=1S/C11H12Cl2O/c1-6(14)8-5-9(8)7-2-3-10(12)11(13)4-7/h2-4,6,8-9,14H,5H2,1H3/t6-,8+,9-/m1/s1. The van der Waals surface area contributed by atoms with E-state index in [1.807, 2.05) is 25.1 Å². The molecule has 2 rings (SSSR count). The Bertz CT molecular complexity index is 349. The van der Waals surface area contributed by atoms with Gasteiger partial charge in [0.05, 0.1) is 16.1 Å². The van der Waals surface area contributed by atoms with E-state index in [-0.39, 0.29) is 6.10 Å². The number of hydrogen-bond acceptors (Lipinski definition) is 1. The van der Waals surface area contributed by atoms with Gasteiger partial charge in [0.15, 0.2) is 0 Å². The van der Waals surface area contributed by atoms with Gasteiger partial charge in [-0.05, 0) is 42.9 Å². The average molecular weight is 231 g/mol. The van der Waals surface area contributed by atoms with Crippen molar-refractivity contribution in [2.75, 3.05) is 0 Å². The molecule has 0 aromatic heterocycles. The summed E-state index contributed by atoms with van der Waals surface area (Å²) >= 11 is 11.7. The Morgan fingerprint density at radius 3 is 2.57 bits per heavy atom. The number of hydrogen-bond donors (Lipinski definition) is 1. The van der Waals surface area contributed by atoms with E-state index in [0.717, 1.165) is 6.42 Å². The van der Waals surface area contributed by atoms with Crippen molar-refractivity contribution in [3.05, 3.63) is 33.8 Å². The average Bonchev–Trinajstić information content (AvgIpc) is 2.89. The van der Waals surface area contributed by atoms with Gasteiger partial charge in [0.1, 0.15) is 0 Å². The summed E-state index contributed by atoms with van der Waals surface area (Å²) in [6.07, 6.45) is 0.824. The largest absolute Gasteiger partial charge is 0.393 e. The Morgan fingerprint density at radius 1 is 1.36 bits per heavy atom. The molecule has 0 bridgehead atoms. The number of halogens is 2. The smallest absolute Gasteiger partial charge is 0.0595 e. The predicted octanol–water partition coefficient (Wildman–Crippen LogP) is 3.48. The van der Waals surface area contributed by atoms with E-state index in [1.165, 1.54) is 5.56 Å². The van der Waals surface area contributed by atoms with Crippen LogP contribution >= 0.6 is 23.2 Å². The third-order valence-electron chi connectivity index (χ3n) is 2.83. The Morgan fingerprint density at radius 2 is 2.07 bits per heavy atom. The zero-order chi connectivity index (χ0) is 10.3. The first-order valence-electron chi connectivity index (χ1n) is 4.72. The van der Waals surface area contributed by atoms with Crippen LogP contribution in [0.1, 0.15) is 24.8 Å². The van der Waals surface area contributed by atoms with Gasteiger partial charge in [0.2, 0.25) is 0 Å². The van der Waals surface area contributed by atoms with Crippen LogP contribution in [0.2, 0.25) is 10.0 Å². The van der Waals surface area contributed by atoms with Gasteiger partial charge in [-0.3, -0.25) is 0 Å². The monoisotopic (exact) mass is 230 g/mol. The van der Waals surface area contributed by atoms with E-state index in [4.69, 9.17) is 23.2 Å². The molecule has 0 amide bonds. The highest BCUT2D eigenvalue weighted by Gasteiger charge is 2.41. The highest BCUT2D eigenvalue weighted by atomic mass is 35.5. The highest BCUT2D eigenvalue weighted by Crippen LogP contribution is 2.50. The number of aliphatic hydroxyl groups excluding tert-OH is 1. The second-order valence-corrected chi connectivity index (χ2v) is 4.73. The Kier molecular flexibility index (Phi) is 2.74. The summed E-state index contributed by atoms with van der Waals surface area (Å²) < 4.78 is 0. The lowest BCUT2D eigenvalue weighted by Gasteiger charge is -2.04. The molecule has 0 heterocycles. The molecule has 1 nitrogen and oxygen atoms in total. The maximum absolute atomic E-state index is 9.39. The lowest BCUT2D eigenvalue weighted by molar-refractivity contribution is 0.169. The van der Waals surface area contributed by atoms with E-state index in [1.54, 1.807) is 0 Å². The summed E-state index contributed by atoms with van der Waals surface area (Å²) in [5.74, 6) is 0.858. The molecule has 0 spiro atoms. The summed E-state index contributed by atoms with van der Waals surface area (Å²) in [5.41, 5.74) is 1.19. The van der Waals surface area contributed by atoms with Crippen LogP contribution in [-0.2, 0) is 0 Å². The lowest BCUT2D eigenvalue weighted by atomic mass is 10.1. The summed E-state index contributed by atoms with van der Waals surface area (Å²) in [6, 6.07) is 5.70. The molecule has 0 aliphatic heterocycles. The van der Waals surface area contributed by atoms with Gasteiger partial charge in [0, 0.05) is 0 Å². The first kappa shape index (κ1) is 10.3. The van der Waals surface area contributed by atoms with Crippen LogP contribution in [0.3, 0.4) is 0 Å². The Balaban J connectivity index is 2.16. The molecule has 14 heavy (non-hydrogen) atoms. The molecule has 0 radical (unpaired) electrons. The molecule has 3 heteroatoms. The Labute approximate surface area is 93.7 Å². The summed E-state index contributed by atoms with van der Waals surface area (Å²) in [7, 11) is 0. The van der Waals surface area contributed by atoms with Crippen LogP contribution in [0.4, 0.5) is 0 Å². The molecule has 1 aromatic carbocycles. The molecule has 0 unspecified atom stereocenters. The van der Waals surface area contributed by atoms with Crippen molar-refractivity contribution < 1.29 is 5.11 Å². The topological polar surface area (TPSA) is 20.2 Å². The molecular weight excluding hydrogens is 219 g/mol. The van der Waals surface area contributed by atoms with E-state index in [2.05, 4.69) is 0 Å². The van der Waals surface area contributed by atoms with Crippen molar-refractivity contribution in [3.63, 3.8) is 0 Å². The first-order chi connectivity index (χ1) is 6.59. The molecule has 1 aliphatic carbocycles. The fourth-order valence-corrected chi connectivity index (χ4v) is 2.18. The van der Waals surface area contributed by atoms with Gasteiger partial charge in [-0.1, -0.05) is 29.3 Å². The molecule has 1 saturated carbocycles. The molecule has 3 atom stereocenters. The highest BCUT2D eigenvalue weighted by molar-refractivity contribution is 6.42. The van der Waals surface area contributed by atoms with Gasteiger partial charge in [-0.15, -0.1) is 0 Å². The van der Waals surface area contributed by atoms with Crippen molar-refractivity contribution in [2.24, 2.45) is 5.92 Å². The van der Waals surface area contributed by atoms with Crippen LogP contribution in [0.15, 0.2) is 18.2 Å². The third-order valence-corrected chi connectivity index (χ3v) is 3.57. The van der Waals surface area contributed by atoms with Gasteiger partial charge in [-0.2, -0.15) is 0 Å². The minimum Gasteiger partial charge on any atom is -0.393 e. The van der Waals surface area contributed by atoms with Crippen molar-refractivity contribution in [1.29, 1.82) is 0 Å². The maximum Gasteiger partial charge on any atom is 0.0595 e. The van der Waals surface area contributed by atoms with Crippen LogP contribution < -0.4 is 0 Å². The van der Waals surface area contributed by atoms with Gasteiger partial charge < -0.3 is 5.11 Å². The molecule has 1 N–H and O–H groups in total. The van der Waals surface area contributed by atoms with Crippen molar-refractivity contribution in [3.8, 4) is 0 Å². The second-order valence-electron chi connectivity index (χ2n) is 3.92. The van der Waals surface area contributed by atoms with Crippen LogP contribution in [0.25, 0.3) is 0 Å². The SMILES string of the molecule is C[C@@H](O)[C@@H]1C[C@@H]1c1ccc(Cl)c(Cl)c1. The van der Waals surface area contributed by atoms with Gasteiger partial charge >= 0.3 is 0 Å². The third kappa shape index (κ3) is 1.90. The minimum absolute atomic E-state index is 0.227. The predicted molar refractivity (Wildman–Crippen MR) is 59.0 cm³/mol. The van der Waals surface area contributed by atoms with E-state index in [0.29, 0.717) is 21.9 Å². The van der Waals surface area contributed by atoms with E-state index < -0.39 is 0 Å². The molecular formula is C11H12Cl2O. The van der Waals surface area contributed by atoms with Crippen LogP contribution in [0, 0.1) is 5.92 Å². The molecule has 76 valence electrons. The normalized spacial score (nSPS) is 27.4. The Hall–Kier alpha value is -0.240. The fourth-order valence-electron chi connectivity index (χ4n) is 1.87. The summed E-state index contributed by atoms with van der Waals surface area (Å²) in [4.78, 5) is 0. The van der Waals surface area contributed by atoms with E-state index in [9.17, 15) is 5.11 Å². The second kappa shape index (κ2) is 3.73. The lowest BCUT2D eigenvalue weighted by Crippen LogP contribution is -2.03. The first-order valence-corrected chi connectivity index (χ1v) is 5.48. The number of aliphatic hydroxyl groups is 1. The summed E-state index contributed by atoms with van der Waals surface area (Å²) in [6.45, 7) is 1.84. The zero-order valence-electron chi connectivity index (χ0n) is 7.87. The molecule has 1 aliphatic rings. The van der Waals surface area contributed by atoms with Gasteiger partial charge in [-0.25, -0.2) is 0 Å². The number of rotatable bonds is 2. The quantitative estimate of drug-likeness (QED) is 0.826. The van der Waals surface area contributed by atoms with Crippen molar-refractivity contribution >= 4 is 23.2 Å². The fraction of sp³-hybridized carbons (Fsp3) is 0.455. The minimum atomic E-state index is -0.227. The number of benzene rings is 1. The van der Waals surface area contributed by atoms with Crippen molar-refractivity contribution in [2.45, 2.75) is 25.4 Å². The van der Waals surface area contributed by atoms with Crippen LogP contribution in [0.5, 0.6) is 0 Å². The van der Waals surface area contributed by atoms with Crippen LogP contribution in [-0.4, -0.2) is 11.2 Å². The van der Waals surface area contributed by atoms with E-state index >= 15 is 0 Å².